The van der Waals surface area contributed by atoms with Crippen LogP contribution in [-0.2, 0) is 0 Å². The predicted molar refractivity (Wildman–Crippen MR) is 112 cm³/mol. The Morgan fingerprint density at radius 3 is 2.63 bits per heavy atom. The van der Waals surface area contributed by atoms with E-state index in [9.17, 15) is 13.2 Å². The van der Waals surface area contributed by atoms with Gasteiger partial charge in [-0.15, -0.1) is 11.3 Å². The Morgan fingerprint density at radius 2 is 1.90 bits per heavy atom. The molecule has 30 heavy (non-hydrogen) atoms. The number of benzene rings is 2. The Morgan fingerprint density at radius 1 is 1.10 bits per heavy atom. The van der Waals surface area contributed by atoms with Gasteiger partial charge in [0.15, 0.2) is 11.6 Å². The lowest BCUT2D eigenvalue weighted by Crippen LogP contribution is -2.10. The first kappa shape index (κ1) is 20.4. The average molecular weight is 432 g/mol. The van der Waals surface area contributed by atoms with Gasteiger partial charge < -0.3 is 9.47 Å². The van der Waals surface area contributed by atoms with Gasteiger partial charge in [-0.25, -0.2) is 9.37 Å². The van der Waals surface area contributed by atoms with Crippen molar-refractivity contribution in [3.63, 3.8) is 0 Å². The second-order valence-electron chi connectivity index (χ2n) is 7.04. The summed E-state index contributed by atoms with van der Waals surface area (Å²) < 4.78 is 50.4. The quantitative estimate of drug-likeness (QED) is 0.339. The standard InChI is InChI=1S/C22H19F3N2O2S/c1-4-12(3)28-18-9-19-17(8-16(18)23)27-21(30-19)15-6-11(2)5-13-7-14(29-22(24)25)10-26-20(13)15/h5-10,12,22H,4H2,1-3H3/t12-/m0/s1. The number of hydrogen-bond donors (Lipinski definition) is 0. The molecule has 4 aromatic rings. The zero-order valence-electron chi connectivity index (χ0n) is 16.6. The van der Waals surface area contributed by atoms with Crippen LogP contribution in [0.4, 0.5) is 13.2 Å². The van der Waals surface area contributed by atoms with Gasteiger partial charge in [-0.05, 0) is 44.0 Å². The molecule has 0 aliphatic heterocycles. The molecule has 1 atom stereocenters. The first-order valence-electron chi connectivity index (χ1n) is 9.46. The number of nitrogens with zero attached hydrogens (tertiary/aromatic N) is 2. The third kappa shape index (κ3) is 4.05. The Kier molecular flexibility index (Phi) is 5.51. The molecule has 2 aromatic heterocycles. The fourth-order valence-corrected chi connectivity index (χ4v) is 4.14. The lowest BCUT2D eigenvalue weighted by atomic mass is 10.1. The number of halogens is 3. The van der Waals surface area contributed by atoms with E-state index in [1.165, 1.54) is 29.7 Å². The number of thiazole rings is 1. The number of hydrogen-bond acceptors (Lipinski definition) is 5. The van der Waals surface area contributed by atoms with Crippen molar-refractivity contribution in [3.8, 4) is 22.1 Å². The largest absolute Gasteiger partial charge is 0.488 e. The van der Waals surface area contributed by atoms with Crippen LogP contribution in [0.2, 0.25) is 0 Å². The fraction of sp³-hybridized carbons (Fsp3) is 0.273. The first-order valence-corrected chi connectivity index (χ1v) is 10.3. The van der Waals surface area contributed by atoms with Crippen LogP contribution in [0, 0.1) is 12.7 Å². The van der Waals surface area contributed by atoms with E-state index in [0.717, 1.165) is 22.2 Å². The predicted octanol–water partition coefficient (Wildman–Crippen LogP) is 6.74. The average Bonchev–Trinajstić information content (AvgIpc) is 3.09. The summed E-state index contributed by atoms with van der Waals surface area (Å²) in [5.74, 6) is -0.263. The van der Waals surface area contributed by atoms with Crippen LogP contribution in [0.15, 0.2) is 36.5 Å². The lowest BCUT2D eigenvalue weighted by Gasteiger charge is -2.12. The fourth-order valence-electron chi connectivity index (χ4n) is 3.15. The Labute approximate surface area is 175 Å². The van der Waals surface area contributed by atoms with Gasteiger partial charge in [0.05, 0.1) is 28.0 Å². The van der Waals surface area contributed by atoms with Crippen LogP contribution in [0.25, 0.3) is 31.7 Å². The van der Waals surface area contributed by atoms with Gasteiger partial charge >= 0.3 is 6.61 Å². The van der Waals surface area contributed by atoms with Gasteiger partial charge in [0.1, 0.15) is 10.8 Å². The number of aryl methyl sites for hydroxylation is 1. The monoisotopic (exact) mass is 432 g/mol. The summed E-state index contributed by atoms with van der Waals surface area (Å²) in [7, 11) is 0. The maximum Gasteiger partial charge on any atom is 0.387 e. The highest BCUT2D eigenvalue weighted by molar-refractivity contribution is 7.21. The van der Waals surface area contributed by atoms with E-state index in [2.05, 4.69) is 14.7 Å². The van der Waals surface area contributed by atoms with E-state index in [-0.39, 0.29) is 17.6 Å². The molecule has 0 aliphatic rings. The number of ether oxygens (including phenoxy) is 2. The van der Waals surface area contributed by atoms with E-state index in [4.69, 9.17) is 4.74 Å². The van der Waals surface area contributed by atoms with E-state index in [1.54, 1.807) is 6.07 Å². The molecule has 0 N–H and O–H groups in total. The summed E-state index contributed by atoms with van der Waals surface area (Å²) in [6.07, 6.45) is 1.93. The van der Waals surface area contributed by atoms with Gasteiger partial charge in [0, 0.05) is 23.1 Å². The highest BCUT2D eigenvalue weighted by atomic mass is 32.1. The molecular formula is C22H19F3N2O2S. The van der Waals surface area contributed by atoms with Crippen molar-refractivity contribution in [2.24, 2.45) is 0 Å². The number of fused-ring (bicyclic) bond motifs is 2. The summed E-state index contributed by atoms with van der Waals surface area (Å²) >= 11 is 1.40. The summed E-state index contributed by atoms with van der Waals surface area (Å²) in [4.78, 5) is 8.89. The van der Waals surface area contributed by atoms with Gasteiger partial charge in [-0.2, -0.15) is 8.78 Å². The molecule has 8 heteroatoms. The molecule has 0 aliphatic carbocycles. The molecule has 0 saturated carbocycles. The van der Waals surface area contributed by atoms with Gasteiger partial charge in [0.2, 0.25) is 0 Å². The normalized spacial score (nSPS) is 12.6. The summed E-state index contributed by atoms with van der Waals surface area (Å²) in [6.45, 7) is 2.84. The molecule has 0 fully saturated rings. The minimum absolute atomic E-state index is 0.00717. The zero-order chi connectivity index (χ0) is 21.4. The lowest BCUT2D eigenvalue weighted by molar-refractivity contribution is -0.0499. The molecule has 0 spiro atoms. The molecule has 4 nitrogen and oxygen atoms in total. The van der Waals surface area contributed by atoms with E-state index < -0.39 is 12.4 Å². The minimum Gasteiger partial charge on any atom is -0.488 e. The van der Waals surface area contributed by atoms with Crippen molar-refractivity contribution in [1.29, 1.82) is 0 Å². The Hall–Kier alpha value is -2.87. The van der Waals surface area contributed by atoms with E-state index in [1.807, 2.05) is 32.9 Å². The molecule has 4 rings (SSSR count). The van der Waals surface area contributed by atoms with Crippen molar-refractivity contribution >= 4 is 32.5 Å². The summed E-state index contributed by atoms with van der Waals surface area (Å²) in [5, 5.41) is 1.32. The SMILES string of the molecule is CC[C@H](C)Oc1cc2sc(-c3cc(C)cc4cc(OC(F)F)cnc34)nc2cc1F. The molecule has 0 bridgehead atoms. The van der Waals surface area contributed by atoms with Gasteiger partial charge in [-0.1, -0.05) is 6.92 Å². The summed E-state index contributed by atoms with van der Waals surface area (Å²) in [5.41, 5.74) is 2.80. The van der Waals surface area contributed by atoms with Crippen LogP contribution in [0.1, 0.15) is 25.8 Å². The highest BCUT2D eigenvalue weighted by Gasteiger charge is 2.16. The molecule has 2 aromatic carbocycles. The second-order valence-corrected chi connectivity index (χ2v) is 8.07. The van der Waals surface area contributed by atoms with Crippen LogP contribution in [-0.4, -0.2) is 22.7 Å². The van der Waals surface area contributed by atoms with Crippen molar-refractivity contribution in [3.05, 3.63) is 47.9 Å². The van der Waals surface area contributed by atoms with Gasteiger partial charge in [0.25, 0.3) is 0 Å². The van der Waals surface area contributed by atoms with Crippen molar-refractivity contribution in [2.75, 3.05) is 0 Å². The third-order valence-electron chi connectivity index (χ3n) is 4.70. The number of alkyl halides is 2. The molecular weight excluding hydrogens is 413 g/mol. The van der Waals surface area contributed by atoms with Crippen LogP contribution >= 0.6 is 11.3 Å². The smallest absolute Gasteiger partial charge is 0.387 e. The Bertz CT molecular complexity index is 1230. The van der Waals surface area contributed by atoms with Crippen LogP contribution < -0.4 is 9.47 Å². The molecule has 2 heterocycles. The van der Waals surface area contributed by atoms with Gasteiger partial charge in [-0.3, -0.25) is 4.98 Å². The highest BCUT2D eigenvalue weighted by Crippen LogP contribution is 2.37. The van der Waals surface area contributed by atoms with Crippen LogP contribution in [0.5, 0.6) is 11.5 Å². The zero-order valence-corrected chi connectivity index (χ0v) is 17.4. The number of pyridine rings is 1. The number of rotatable bonds is 6. The summed E-state index contributed by atoms with van der Waals surface area (Å²) in [6, 6.07) is 8.32. The third-order valence-corrected chi connectivity index (χ3v) is 5.75. The topological polar surface area (TPSA) is 44.2 Å². The van der Waals surface area contributed by atoms with Crippen molar-refractivity contribution in [2.45, 2.75) is 39.9 Å². The maximum atomic E-state index is 14.4. The molecule has 0 saturated heterocycles. The van der Waals surface area contributed by atoms with E-state index >= 15 is 0 Å². The number of aromatic nitrogens is 2. The molecule has 0 unspecified atom stereocenters. The first-order chi connectivity index (χ1) is 14.3. The second kappa shape index (κ2) is 8.10. The van der Waals surface area contributed by atoms with Crippen LogP contribution in [0.3, 0.4) is 0 Å². The van der Waals surface area contributed by atoms with E-state index in [0.29, 0.717) is 21.4 Å². The molecule has 0 radical (unpaired) electrons. The molecule has 0 amide bonds. The van der Waals surface area contributed by atoms with Crippen molar-refractivity contribution < 1.29 is 22.6 Å². The maximum absolute atomic E-state index is 14.4. The Balaban J connectivity index is 1.81. The molecule has 156 valence electrons. The minimum atomic E-state index is -2.92. The van der Waals surface area contributed by atoms with Crippen molar-refractivity contribution in [1.82, 2.24) is 9.97 Å².